The van der Waals surface area contributed by atoms with Crippen LogP contribution in [0.4, 0.5) is 5.69 Å². The number of benzene rings is 1. The van der Waals surface area contributed by atoms with Crippen molar-refractivity contribution < 1.29 is 19.4 Å². The standard InChI is InChI=1S/C18H21N5O4/c1-27-14-6-5-12(19-15(24)10-18(17(25)26)7-2-8-18)9-13(14)23-16(11-3-4-11)20-21-22-23/h5-6,9,11H,2-4,7-8,10H2,1H3,(H,19,24)(H,25,26). The Balaban J connectivity index is 1.56. The molecular formula is C18H21N5O4. The van der Waals surface area contributed by atoms with Crippen molar-refractivity contribution in [3.63, 3.8) is 0 Å². The van der Waals surface area contributed by atoms with Crippen LogP contribution in [0, 0.1) is 5.41 Å². The van der Waals surface area contributed by atoms with Crippen molar-refractivity contribution >= 4 is 17.6 Å². The summed E-state index contributed by atoms with van der Waals surface area (Å²) in [5.41, 5.74) is 0.264. The Morgan fingerprint density at radius 3 is 2.74 bits per heavy atom. The summed E-state index contributed by atoms with van der Waals surface area (Å²) in [5.74, 6) is 0.491. The first-order chi connectivity index (χ1) is 13.0. The van der Waals surface area contributed by atoms with Crippen LogP contribution in [-0.2, 0) is 9.59 Å². The number of anilines is 1. The van der Waals surface area contributed by atoms with Crippen LogP contribution in [0.5, 0.6) is 5.75 Å². The van der Waals surface area contributed by atoms with Crippen LogP contribution in [0.15, 0.2) is 18.2 Å². The molecule has 0 saturated heterocycles. The van der Waals surface area contributed by atoms with E-state index in [2.05, 4.69) is 20.8 Å². The van der Waals surface area contributed by atoms with Crippen molar-refractivity contribution in [1.29, 1.82) is 0 Å². The van der Waals surface area contributed by atoms with Gasteiger partial charge in [0.05, 0.1) is 12.5 Å². The monoisotopic (exact) mass is 371 g/mol. The highest BCUT2D eigenvalue weighted by atomic mass is 16.5. The topological polar surface area (TPSA) is 119 Å². The van der Waals surface area contributed by atoms with Gasteiger partial charge in [0.15, 0.2) is 5.82 Å². The number of hydrogen-bond donors (Lipinski definition) is 2. The predicted octanol–water partition coefficient (Wildman–Crippen LogP) is 2.13. The molecular weight excluding hydrogens is 350 g/mol. The van der Waals surface area contributed by atoms with Gasteiger partial charge in [0.25, 0.3) is 0 Å². The second-order valence-corrected chi connectivity index (χ2v) is 7.27. The third-order valence-electron chi connectivity index (χ3n) is 5.39. The maximum atomic E-state index is 12.4. The summed E-state index contributed by atoms with van der Waals surface area (Å²) in [7, 11) is 1.56. The summed E-state index contributed by atoms with van der Waals surface area (Å²) in [6.07, 6.45) is 4.00. The number of carboxylic acids is 1. The zero-order valence-electron chi connectivity index (χ0n) is 15.0. The number of carbonyl (C=O) groups is 2. The van der Waals surface area contributed by atoms with Crippen LogP contribution in [-0.4, -0.2) is 44.3 Å². The van der Waals surface area contributed by atoms with Gasteiger partial charge in [0.2, 0.25) is 5.91 Å². The van der Waals surface area contributed by atoms with E-state index in [0.29, 0.717) is 35.9 Å². The molecule has 0 unspecified atom stereocenters. The molecule has 0 bridgehead atoms. The van der Waals surface area contributed by atoms with Gasteiger partial charge in [-0.05, 0) is 54.3 Å². The SMILES string of the molecule is COc1ccc(NC(=O)CC2(C(=O)O)CCC2)cc1-n1nnnc1C1CC1. The molecule has 0 spiro atoms. The molecule has 2 aromatic rings. The molecule has 0 atom stereocenters. The molecule has 9 heteroatoms. The van der Waals surface area contributed by atoms with Crippen LogP contribution < -0.4 is 10.1 Å². The summed E-state index contributed by atoms with van der Waals surface area (Å²) in [5, 5.41) is 24.1. The highest BCUT2D eigenvalue weighted by Gasteiger charge is 2.45. The van der Waals surface area contributed by atoms with Crippen LogP contribution in [0.1, 0.15) is 50.3 Å². The van der Waals surface area contributed by atoms with Crippen molar-refractivity contribution in [3.05, 3.63) is 24.0 Å². The molecule has 27 heavy (non-hydrogen) atoms. The van der Waals surface area contributed by atoms with E-state index in [1.165, 1.54) is 0 Å². The highest BCUT2D eigenvalue weighted by molar-refractivity contribution is 5.95. The zero-order chi connectivity index (χ0) is 19.0. The first-order valence-corrected chi connectivity index (χ1v) is 9.02. The third-order valence-corrected chi connectivity index (χ3v) is 5.39. The molecule has 2 aliphatic rings. The van der Waals surface area contributed by atoms with E-state index >= 15 is 0 Å². The van der Waals surface area contributed by atoms with Crippen LogP contribution in [0.2, 0.25) is 0 Å². The zero-order valence-corrected chi connectivity index (χ0v) is 15.0. The highest BCUT2D eigenvalue weighted by Crippen LogP contribution is 2.44. The second kappa shape index (κ2) is 6.64. The van der Waals surface area contributed by atoms with Gasteiger partial charge in [-0.15, -0.1) is 5.10 Å². The average Bonchev–Trinajstić information content (AvgIpc) is 3.34. The van der Waals surface area contributed by atoms with E-state index in [9.17, 15) is 14.7 Å². The van der Waals surface area contributed by atoms with Gasteiger partial charge in [0.1, 0.15) is 11.4 Å². The number of aliphatic carboxylic acids is 1. The molecule has 0 radical (unpaired) electrons. The predicted molar refractivity (Wildman–Crippen MR) is 94.8 cm³/mol. The number of nitrogens with one attached hydrogen (secondary N) is 1. The van der Waals surface area contributed by atoms with Gasteiger partial charge < -0.3 is 15.2 Å². The Morgan fingerprint density at radius 2 is 2.15 bits per heavy atom. The average molecular weight is 371 g/mol. The molecule has 9 nitrogen and oxygen atoms in total. The fraction of sp³-hybridized carbons (Fsp3) is 0.500. The lowest BCUT2D eigenvalue weighted by molar-refractivity contribution is -0.157. The molecule has 1 heterocycles. The minimum absolute atomic E-state index is 0.0259. The maximum Gasteiger partial charge on any atom is 0.310 e. The Hall–Kier alpha value is -2.97. The lowest BCUT2D eigenvalue weighted by atomic mass is 9.66. The largest absolute Gasteiger partial charge is 0.494 e. The Bertz CT molecular complexity index is 886. The number of tetrazole rings is 1. The van der Waals surface area contributed by atoms with E-state index in [1.54, 1.807) is 30.0 Å². The van der Waals surface area contributed by atoms with Gasteiger partial charge in [-0.25, -0.2) is 0 Å². The van der Waals surface area contributed by atoms with Crippen molar-refractivity contribution in [2.75, 3.05) is 12.4 Å². The van der Waals surface area contributed by atoms with Crippen molar-refractivity contribution in [2.45, 2.75) is 44.4 Å². The van der Waals surface area contributed by atoms with E-state index in [4.69, 9.17) is 4.74 Å². The quantitative estimate of drug-likeness (QED) is 0.765. The first-order valence-electron chi connectivity index (χ1n) is 9.02. The van der Waals surface area contributed by atoms with Crippen molar-refractivity contribution in [3.8, 4) is 11.4 Å². The fourth-order valence-corrected chi connectivity index (χ4v) is 3.48. The Morgan fingerprint density at radius 1 is 1.37 bits per heavy atom. The summed E-state index contributed by atoms with van der Waals surface area (Å²) < 4.78 is 7.05. The molecule has 1 amide bonds. The number of rotatable bonds is 7. The Labute approximate surface area is 155 Å². The molecule has 1 aromatic carbocycles. The van der Waals surface area contributed by atoms with Crippen LogP contribution in [0.3, 0.4) is 0 Å². The third kappa shape index (κ3) is 3.24. The normalized spacial score (nSPS) is 17.8. The fourth-order valence-electron chi connectivity index (χ4n) is 3.48. The van der Waals surface area contributed by atoms with Crippen molar-refractivity contribution in [1.82, 2.24) is 20.2 Å². The van der Waals surface area contributed by atoms with E-state index in [1.807, 2.05) is 0 Å². The van der Waals surface area contributed by atoms with Gasteiger partial charge in [-0.3, -0.25) is 9.59 Å². The summed E-state index contributed by atoms with van der Waals surface area (Å²) in [4.78, 5) is 23.9. The molecule has 142 valence electrons. The molecule has 0 aliphatic heterocycles. The molecule has 2 aliphatic carbocycles. The number of hydrogen-bond acceptors (Lipinski definition) is 6. The molecule has 2 N–H and O–H groups in total. The number of methoxy groups -OCH3 is 1. The summed E-state index contributed by atoms with van der Waals surface area (Å²) in [6, 6.07) is 5.20. The Kier molecular flexibility index (Phi) is 4.29. The minimum atomic E-state index is -0.922. The van der Waals surface area contributed by atoms with E-state index in [0.717, 1.165) is 25.1 Å². The molecule has 4 rings (SSSR count). The minimum Gasteiger partial charge on any atom is -0.494 e. The molecule has 2 fully saturated rings. The number of carboxylic acid groups (broad SMARTS) is 1. The number of ether oxygens (including phenoxy) is 1. The van der Waals surface area contributed by atoms with Gasteiger partial charge >= 0.3 is 5.97 Å². The lowest BCUT2D eigenvalue weighted by Crippen LogP contribution is -2.41. The van der Waals surface area contributed by atoms with Gasteiger partial charge in [-0.2, -0.15) is 4.68 Å². The van der Waals surface area contributed by atoms with Gasteiger partial charge in [0, 0.05) is 18.0 Å². The maximum absolute atomic E-state index is 12.4. The van der Waals surface area contributed by atoms with E-state index < -0.39 is 11.4 Å². The number of aromatic nitrogens is 4. The van der Waals surface area contributed by atoms with Crippen molar-refractivity contribution in [2.24, 2.45) is 5.41 Å². The molecule has 1 aromatic heterocycles. The summed E-state index contributed by atoms with van der Waals surface area (Å²) >= 11 is 0. The molecule has 2 saturated carbocycles. The number of nitrogens with zero attached hydrogens (tertiary/aromatic N) is 4. The van der Waals surface area contributed by atoms with Crippen LogP contribution >= 0.6 is 0 Å². The second-order valence-electron chi connectivity index (χ2n) is 7.27. The number of amides is 1. The number of carbonyl (C=O) groups excluding carboxylic acids is 1. The smallest absolute Gasteiger partial charge is 0.310 e. The first kappa shape index (κ1) is 17.4. The summed E-state index contributed by atoms with van der Waals surface area (Å²) in [6.45, 7) is 0. The van der Waals surface area contributed by atoms with E-state index in [-0.39, 0.29) is 12.3 Å². The van der Waals surface area contributed by atoms with Crippen LogP contribution in [0.25, 0.3) is 5.69 Å². The van der Waals surface area contributed by atoms with Gasteiger partial charge in [-0.1, -0.05) is 6.42 Å². The lowest BCUT2D eigenvalue weighted by Gasteiger charge is -2.36.